The van der Waals surface area contributed by atoms with Crippen molar-refractivity contribution in [2.24, 2.45) is 5.84 Å². The molecule has 2 rings (SSSR count). The second-order valence-corrected chi connectivity index (χ2v) is 5.33. The van der Waals surface area contributed by atoms with Gasteiger partial charge >= 0.3 is 0 Å². The molecule has 20 heavy (non-hydrogen) atoms. The van der Waals surface area contributed by atoms with E-state index in [1.54, 1.807) is 18.2 Å². The highest BCUT2D eigenvalue weighted by molar-refractivity contribution is 9.10. The van der Waals surface area contributed by atoms with E-state index in [1.807, 2.05) is 24.3 Å². The van der Waals surface area contributed by atoms with E-state index in [-0.39, 0.29) is 17.6 Å². The molecule has 0 saturated carbocycles. The van der Waals surface area contributed by atoms with Crippen LogP contribution in [0.25, 0.3) is 0 Å². The molecule has 0 saturated heterocycles. The van der Waals surface area contributed by atoms with Crippen LogP contribution in [-0.2, 0) is 6.42 Å². The zero-order valence-corrected chi connectivity index (χ0v) is 12.7. The van der Waals surface area contributed by atoms with Gasteiger partial charge in [-0.25, -0.2) is 4.39 Å². The highest BCUT2D eigenvalue weighted by Crippen LogP contribution is 2.27. The van der Waals surface area contributed by atoms with E-state index in [9.17, 15) is 4.39 Å². The summed E-state index contributed by atoms with van der Waals surface area (Å²) < 4.78 is 20.2. The normalized spacial score (nSPS) is 12.2. The van der Waals surface area contributed by atoms with Gasteiger partial charge in [-0.2, -0.15) is 0 Å². The van der Waals surface area contributed by atoms with Crippen molar-refractivity contribution in [3.8, 4) is 5.75 Å². The van der Waals surface area contributed by atoms with E-state index in [4.69, 9.17) is 10.6 Å². The summed E-state index contributed by atoms with van der Waals surface area (Å²) in [6.07, 6.45) is 0.583. The molecule has 0 heterocycles. The Hall–Kier alpha value is -1.43. The Morgan fingerprint density at radius 3 is 2.70 bits per heavy atom. The average Bonchev–Trinajstić information content (AvgIpc) is 2.45. The van der Waals surface area contributed by atoms with E-state index in [1.165, 1.54) is 7.11 Å². The van der Waals surface area contributed by atoms with Crippen molar-refractivity contribution in [3.63, 3.8) is 0 Å². The third-order valence-corrected chi connectivity index (χ3v) is 3.61. The van der Waals surface area contributed by atoms with Crippen molar-refractivity contribution in [2.45, 2.75) is 12.5 Å². The summed E-state index contributed by atoms with van der Waals surface area (Å²) in [7, 11) is 1.45. The first-order valence-corrected chi connectivity index (χ1v) is 6.98. The van der Waals surface area contributed by atoms with Crippen LogP contribution in [0.15, 0.2) is 46.9 Å². The number of benzene rings is 2. The van der Waals surface area contributed by atoms with Crippen molar-refractivity contribution in [1.82, 2.24) is 5.43 Å². The van der Waals surface area contributed by atoms with Gasteiger partial charge in [0.05, 0.1) is 13.2 Å². The molecule has 3 N–H and O–H groups in total. The molecule has 0 fully saturated rings. The molecule has 0 aliphatic heterocycles. The fourth-order valence-electron chi connectivity index (χ4n) is 2.11. The predicted molar refractivity (Wildman–Crippen MR) is 80.9 cm³/mol. The molecule has 0 spiro atoms. The maximum absolute atomic E-state index is 14.3. The van der Waals surface area contributed by atoms with E-state index in [0.29, 0.717) is 12.0 Å². The zero-order chi connectivity index (χ0) is 14.5. The van der Waals surface area contributed by atoms with Crippen LogP contribution in [-0.4, -0.2) is 7.11 Å². The first-order chi connectivity index (χ1) is 9.65. The maximum atomic E-state index is 14.3. The Morgan fingerprint density at radius 2 is 2.05 bits per heavy atom. The fourth-order valence-corrected chi connectivity index (χ4v) is 2.56. The van der Waals surface area contributed by atoms with Crippen molar-refractivity contribution in [1.29, 1.82) is 0 Å². The summed E-state index contributed by atoms with van der Waals surface area (Å²) in [5, 5.41) is 0. The van der Waals surface area contributed by atoms with Crippen LogP contribution < -0.4 is 16.0 Å². The van der Waals surface area contributed by atoms with Gasteiger partial charge in [-0.15, -0.1) is 0 Å². The molecule has 2 aromatic carbocycles. The third-order valence-electron chi connectivity index (χ3n) is 3.12. The summed E-state index contributed by atoms with van der Waals surface area (Å²) in [6, 6.07) is 12.6. The monoisotopic (exact) mass is 338 g/mol. The number of nitrogens with one attached hydrogen (secondary N) is 1. The largest absolute Gasteiger partial charge is 0.494 e. The number of nitrogens with two attached hydrogens (primary N) is 1. The van der Waals surface area contributed by atoms with Gasteiger partial charge in [0.2, 0.25) is 0 Å². The molecule has 106 valence electrons. The Morgan fingerprint density at radius 1 is 1.30 bits per heavy atom. The lowest BCUT2D eigenvalue weighted by Gasteiger charge is -2.18. The number of methoxy groups -OCH3 is 1. The first-order valence-electron chi connectivity index (χ1n) is 6.18. The van der Waals surface area contributed by atoms with Crippen LogP contribution in [0.3, 0.4) is 0 Å². The van der Waals surface area contributed by atoms with Gasteiger partial charge in [0.25, 0.3) is 0 Å². The topological polar surface area (TPSA) is 47.3 Å². The van der Waals surface area contributed by atoms with Crippen LogP contribution in [0.2, 0.25) is 0 Å². The van der Waals surface area contributed by atoms with Crippen molar-refractivity contribution < 1.29 is 9.13 Å². The second-order valence-electron chi connectivity index (χ2n) is 4.42. The molecule has 1 unspecified atom stereocenters. The van der Waals surface area contributed by atoms with Crippen molar-refractivity contribution >= 4 is 15.9 Å². The molecule has 0 amide bonds. The summed E-state index contributed by atoms with van der Waals surface area (Å²) in [4.78, 5) is 0. The number of hydrogen-bond acceptors (Lipinski definition) is 3. The van der Waals surface area contributed by atoms with E-state index in [0.717, 1.165) is 10.0 Å². The summed E-state index contributed by atoms with van der Waals surface area (Å²) in [5.41, 5.74) is 4.22. The number of halogens is 2. The smallest absolute Gasteiger partial charge is 0.169 e. The third kappa shape index (κ3) is 3.36. The van der Waals surface area contributed by atoms with Crippen LogP contribution in [0.4, 0.5) is 4.39 Å². The second kappa shape index (κ2) is 6.83. The van der Waals surface area contributed by atoms with Crippen LogP contribution >= 0.6 is 15.9 Å². The van der Waals surface area contributed by atoms with Crippen LogP contribution in [0.5, 0.6) is 5.75 Å². The highest BCUT2D eigenvalue weighted by Gasteiger charge is 2.17. The van der Waals surface area contributed by atoms with Gasteiger partial charge in [-0.05, 0) is 30.2 Å². The van der Waals surface area contributed by atoms with Gasteiger partial charge in [-0.1, -0.05) is 40.2 Å². The minimum atomic E-state index is -0.382. The molecule has 5 heteroatoms. The zero-order valence-electron chi connectivity index (χ0n) is 11.1. The quantitative estimate of drug-likeness (QED) is 0.649. The predicted octanol–water partition coefficient (Wildman–Crippen LogP) is 3.34. The summed E-state index contributed by atoms with van der Waals surface area (Å²) >= 11 is 3.42. The molecular weight excluding hydrogens is 323 g/mol. The summed E-state index contributed by atoms with van der Waals surface area (Å²) in [5.74, 6) is 5.42. The average molecular weight is 339 g/mol. The Balaban J connectivity index is 2.29. The molecule has 0 aromatic heterocycles. The number of hydrazine groups is 1. The number of hydrogen-bond donors (Lipinski definition) is 2. The molecule has 3 nitrogen and oxygen atoms in total. The van der Waals surface area contributed by atoms with Gasteiger partial charge in [0.1, 0.15) is 0 Å². The van der Waals surface area contributed by atoms with Gasteiger partial charge in [0.15, 0.2) is 11.6 Å². The minimum Gasteiger partial charge on any atom is -0.494 e. The molecule has 0 aliphatic rings. The Labute approximate surface area is 126 Å². The lowest BCUT2D eigenvalue weighted by molar-refractivity contribution is 0.379. The molecule has 2 aromatic rings. The highest BCUT2D eigenvalue weighted by atomic mass is 79.9. The fraction of sp³-hybridized carbons (Fsp3) is 0.200. The number of rotatable bonds is 5. The Bertz CT molecular complexity index is 592. The SMILES string of the molecule is COc1cccc(C(Cc2cccc(Br)c2)NN)c1F. The first kappa shape index (κ1) is 15.0. The minimum absolute atomic E-state index is 0.219. The lowest BCUT2D eigenvalue weighted by atomic mass is 9.98. The maximum Gasteiger partial charge on any atom is 0.169 e. The Kier molecular flexibility index (Phi) is 5.11. The molecule has 1 atom stereocenters. The van der Waals surface area contributed by atoms with E-state index >= 15 is 0 Å². The van der Waals surface area contributed by atoms with Gasteiger partial charge in [0, 0.05) is 10.0 Å². The molecule has 0 radical (unpaired) electrons. The summed E-state index contributed by atoms with van der Waals surface area (Å²) in [6.45, 7) is 0. The standard InChI is InChI=1S/C15H16BrFN2O/c1-20-14-7-3-6-12(15(14)17)13(19-18)9-10-4-2-5-11(16)8-10/h2-8,13,19H,9,18H2,1H3. The molecule has 0 bridgehead atoms. The van der Waals surface area contributed by atoms with Crippen LogP contribution in [0, 0.1) is 5.82 Å². The molecular formula is C15H16BrFN2O. The van der Waals surface area contributed by atoms with Gasteiger partial charge < -0.3 is 4.74 Å². The molecule has 0 aliphatic carbocycles. The van der Waals surface area contributed by atoms with E-state index in [2.05, 4.69) is 21.4 Å². The van der Waals surface area contributed by atoms with Gasteiger partial charge in [-0.3, -0.25) is 11.3 Å². The van der Waals surface area contributed by atoms with Crippen LogP contribution in [0.1, 0.15) is 17.2 Å². The van der Waals surface area contributed by atoms with E-state index < -0.39 is 0 Å². The lowest BCUT2D eigenvalue weighted by Crippen LogP contribution is -2.30. The van der Waals surface area contributed by atoms with Crippen molar-refractivity contribution in [3.05, 3.63) is 63.9 Å². The van der Waals surface area contributed by atoms with Crippen molar-refractivity contribution in [2.75, 3.05) is 7.11 Å². The number of ether oxygens (including phenoxy) is 1.